The summed E-state index contributed by atoms with van der Waals surface area (Å²) in [6.45, 7) is 0. The number of hydrogen-bond donors (Lipinski definition) is 3. The predicted octanol–water partition coefficient (Wildman–Crippen LogP) is 1.75. The molecule has 1 aromatic heterocycles. The molecule has 7 heteroatoms. The van der Waals surface area contributed by atoms with Crippen molar-refractivity contribution in [2.45, 2.75) is 24.9 Å². The zero-order valence-corrected chi connectivity index (χ0v) is 13.4. The fourth-order valence-corrected chi connectivity index (χ4v) is 3.24. The molecule has 6 nitrogen and oxygen atoms in total. The number of anilines is 2. The molecule has 2 aromatic rings. The lowest BCUT2D eigenvalue weighted by atomic mass is 9.98. The Morgan fingerprint density at radius 3 is 2.88 bits per heavy atom. The van der Waals surface area contributed by atoms with Crippen LogP contribution in [0.1, 0.15) is 11.1 Å². The Balaban J connectivity index is 1.45. The average Bonchev–Trinajstić information content (AvgIpc) is 2.98. The van der Waals surface area contributed by atoms with Gasteiger partial charge in [0.1, 0.15) is 23.1 Å². The molecule has 0 fully saturated rings. The zero-order chi connectivity index (χ0) is 16.7. The summed E-state index contributed by atoms with van der Waals surface area (Å²) in [5.41, 5.74) is 2.76. The first-order chi connectivity index (χ1) is 11.6. The second-order valence-electron chi connectivity index (χ2n) is 5.95. The molecule has 4 rings (SSSR count). The molecule has 24 heavy (non-hydrogen) atoms. The summed E-state index contributed by atoms with van der Waals surface area (Å²) < 4.78 is 0. The minimum Gasteiger partial charge on any atom is -0.358 e. The molecule has 3 N–H and O–H groups in total. The zero-order valence-electron chi connectivity index (χ0n) is 12.7. The van der Waals surface area contributed by atoms with Crippen LogP contribution >= 0.6 is 11.6 Å². The fraction of sp³-hybridized carbons (Fsp3) is 0.235. The molecule has 0 radical (unpaired) electrons. The molecule has 0 bridgehead atoms. The molecule has 2 atom stereocenters. The van der Waals surface area contributed by atoms with E-state index in [1.54, 1.807) is 6.07 Å². The summed E-state index contributed by atoms with van der Waals surface area (Å²) in [6.07, 6.45) is 1.01. The highest BCUT2D eigenvalue weighted by molar-refractivity contribution is 6.29. The number of nitrogens with one attached hydrogen (secondary N) is 3. The van der Waals surface area contributed by atoms with Crippen LogP contribution in [0.4, 0.5) is 11.5 Å². The van der Waals surface area contributed by atoms with Crippen LogP contribution in [-0.4, -0.2) is 28.9 Å². The molecule has 0 spiro atoms. The summed E-state index contributed by atoms with van der Waals surface area (Å²) in [4.78, 5) is 28.9. The Bertz CT molecular complexity index is 839. The third kappa shape index (κ3) is 2.69. The Kier molecular flexibility index (Phi) is 3.61. The molecule has 0 saturated heterocycles. The number of benzene rings is 1. The van der Waals surface area contributed by atoms with Crippen LogP contribution in [0.5, 0.6) is 0 Å². The maximum absolute atomic E-state index is 12.5. The number of para-hydroxylation sites is 1. The van der Waals surface area contributed by atoms with Gasteiger partial charge >= 0.3 is 0 Å². The molecule has 122 valence electrons. The Morgan fingerprint density at radius 2 is 2.00 bits per heavy atom. The Morgan fingerprint density at radius 1 is 1.17 bits per heavy atom. The lowest BCUT2D eigenvalue weighted by Crippen LogP contribution is -2.51. The number of carbonyl (C=O) groups excluding carboxylic acids is 2. The van der Waals surface area contributed by atoms with Gasteiger partial charge in [-0.1, -0.05) is 35.9 Å². The van der Waals surface area contributed by atoms with Gasteiger partial charge in [-0.05, 0) is 23.3 Å². The van der Waals surface area contributed by atoms with E-state index in [1.807, 2.05) is 30.3 Å². The molecular weight excluding hydrogens is 328 g/mol. The molecule has 3 heterocycles. The van der Waals surface area contributed by atoms with Gasteiger partial charge in [0, 0.05) is 18.5 Å². The number of nitrogens with zero attached hydrogens (tertiary/aromatic N) is 1. The molecule has 2 aliphatic rings. The van der Waals surface area contributed by atoms with Crippen molar-refractivity contribution in [2.24, 2.45) is 0 Å². The highest BCUT2D eigenvalue weighted by Crippen LogP contribution is 2.26. The van der Waals surface area contributed by atoms with E-state index in [1.165, 1.54) is 0 Å². The van der Waals surface area contributed by atoms with Gasteiger partial charge in [0.2, 0.25) is 11.8 Å². The highest BCUT2D eigenvalue weighted by Gasteiger charge is 2.32. The molecule has 2 amide bonds. The van der Waals surface area contributed by atoms with Gasteiger partial charge in [0.15, 0.2) is 0 Å². The van der Waals surface area contributed by atoms with Gasteiger partial charge in [0.25, 0.3) is 0 Å². The minimum atomic E-state index is -0.575. The van der Waals surface area contributed by atoms with Crippen LogP contribution in [0.3, 0.4) is 0 Å². The Labute approximate surface area is 143 Å². The van der Waals surface area contributed by atoms with Crippen molar-refractivity contribution in [1.29, 1.82) is 0 Å². The smallest absolute Gasteiger partial charge is 0.247 e. The van der Waals surface area contributed by atoms with Crippen LogP contribution in [0, 0.1) is 0 Å². The largest absolute Gasteiger partial charge is 0.358 e. The first-order valence-electron chi connectivity index (χ1n) is 7.71. The second kappa shape index (κ2) is 5.79. The third-order valence-electron chi connectivity index (χ3n) is 4.33. The van der Waals surface area contributed by atoms with Crippen molar-refractivity contribution in [2.75, 3.05) is 10.6 Å². The molecule has 2 unspecified atom stereocenters. The monoisotopic (exact) mass is 342 g/mol. The highest BCUT2D eigenvalue weighted by atomic mass is 35.5. The number of pyridine rings is 1. The maximum Gasteiger partial charge on any atom is 0.247 e. The van der Waals surface area contributed by atoms with Crippen molar-refractivity contribution in [3.05, 3.63) is 52.7 Å². The number of carbonyl (C=O) groups is 2. The van der Waals surface area contributed by atoms with Crippen LogP contribution < -0.4 is 16.0 Å². The van der Waals surface area contributed by atoms with Crippen molar-refractivity contribution < 1.29 is 9.59 Å². The van der Waals surface area contributed by atoms with Crippen molar-refractivity contribution in [3.8, 4) is 0 Å². The number of rotatable bonds is 2. The van der Waals surface area contributed by atoms with Crippen LogP contribution in [0.2, 0.25) is 5.15 Å². The standard InChI is InChI=1S/C17H15ClN4O2/c18-14-6-5-10-8-12(19-15(10)22-14)16(23)21-13-7-9-3-1-2-4-11(9)20-17(13)24/h1-6,12-13H,7-8H2,(H,19,22)(H,20,24)(H,21,23). The molecule has 2 aliphatic heterocycles. The molecule has 0 saturated carbocycles. The number of hydrogen-bond acceptors (Lipinski definition) is 4. The number of aromatic nitrogens is 1. The van der Waals surface area contributed by atoms with Crippen LogP contribution in [-0.2, 0) is 22.4 Å². The summed E-state index contributed by atoms with van der Waals surface area (Å²) in [5, 5.41) is 9.09. The Hall–Kier alpha value is -2.60. The van der Waals surface area contributed by atoms with Crippen LogP contribution in [0.15, 0.2) is 36.4 Å². The summed E-state index contributed by atoms with van der Waals surface area (Å²) >= 11 is 5.87. The van der Waals surface area contributed by atoms with Gasteiger partial charge < -0.3 is 16.0 Å². The summed E-state index contributed by atoms with van der Waals surface area (Å²) in [5.74, 6) is 0.212. The first kappa shape index (κ1) is 15.0. The van der Waals surface area contributed by atoms with Crippen molar-refractivity contribution in [3.63, 3.8) is 0 Å². The SMILES string of the molecule is O=C1Nc2ccccc2CC1NC(=O)C1Cc2ccc(Cl)nc2N1. The third-order valence-corrected chi connectivity index (χ3v) is 4.54. The predicted molar refractivity (Wildman–Crippen MR) is 91.1 cm³/mol. The lowest BCUT2D eigenvalue weighted by molar-refractivity contribution is -0.127. The van der Waals surface area contributed by atoms with Crippen molar-refractivity contribution >= 4 is 34.9 Å². The lowest BCUT2D eigenvalue weighted by Gasteiger charge is -2.26. The van der Waals surface area contributed by atoms with E-state index in [9.17, 15) is 9.59 Å². The quantitative estimate of drug-likeness (QED) is 0.726. The van der Waals surface area contributed by atoms with Gasteiger partial charge in [-0.2, -0.15) is 0 Å². The van der Waals surface area contributed by atoms with E-state index in [0.29, 0.717) is 23.8 Å². The summed E-state index contributed by atoms with van der Waals surface area (Å²) in [7, 11) is 0. The van der Waals surface area contributed by atoms with E-state index < -0.39 is 12.1 Å². The van der Waals surface area contributed by atoms with E-state index >= 15 is 0 Å². The van der Waals surface area contributed by atoms with Gasteiger partial charge in [-0.25, -0.2) is 4.98 Å². The number of fused-ring (bicyclic) bond motifs is 2. The van der Waals surface area contributed by atoms with Gasteiger partial charge in [-0.15, -0.1) is 0 Å². The van der Waals surface area contributed by atoms with E-state index in [4.69, 9.17) is 11.6 Å². The van der Waals surface area contributed by atoms with Crippen molar-refractivity contribution in [1.82, 2.24) is 10.3 Å². The maximum atomic E-state index is 12.5. The molecule has 0 aliphatic carbocycles. The van der Waals surface area contributed by atoms with Crippen LogP contribution in [0.25, 0.3) is 0 Å². The normalized spacial score (nSPS) is 21.3. The van der Waals surface area contributed by atoms with E-state index in [2.05, 4.69) is 20.9 Å². The fourth-order valence-electron chi connectivity index (χ4n) is 3.09. The molecule has 1 aromatic carbocycles. The topological polar surface area (TPSA) is 83.1 Å². The van der Waals surface area contributed by atoms with E-state index in [0.717, 1.165) is 16.8 Å². The minimum absolute atomic E-state index is 0.196. The number of amides is 2. The van der Waals surface area contributed by atoms with E-state index in [-0.39, 0.29) is 11.8 Å². The average molecular weight is 343 g/mol. The number of halogens is 1. The summed E-state index contributed by atoms with van der Waals surface area (Å²) in [6, 6.07) is 10.1. The van der Waals surface area contributed by atoms with Gasteiger partial charge in [0.05, 0.1) is 0 Å². The van der Waals surface area contributed by atoms with Gasteiger partial charge in [-0.3, -0.25) is 9.59 Å². The molecular formula is C17H15ClN4O2. The second-order valence-corrected chi connectivity index (χ2v) is 6.34. The first-order valence-corrected chi connectivity index (χ1v) is 8.09.